The molecule has 7 nitrogen and oxygen atoms in total. The number of nitrogens with zero attached hydrogens (tertiary/aromatic N) is 2. The third kappa shape index (κ3) is 8.16. The Morgan fingerprint density at radius 1 is 1.00 bits per heavy atom. The van der Waals surface area contributed by atoms with Gasteiger partial charge in [-0.2, -0.15) is 0 Å². The van der Waals surface area contributed by atoms with Crippen LogP contribution in [0.1, 0.15) is 34.8 Å². The van der Waals surface area contributed by atoms with Crippen molar-refractivity contribution < 1.29 is 23.9 Å². The number of anilines is 1. The van der Waals surface area contributed by atoms with Crippen LogP contribution in [0.5, 0.6) is 5.75 Å². The van der Waals surface area contributed by atoms with Crippen molar-refractivity contribution >= 4 is 25.2 Å². The number of hydrogen-bond acceptors (Lipinski definition) is 7. The van der Waals surface area contributed by atoms with E-state index in [1.165, 1.54) is 7.11 Å². The second-order valence-corrected chi connectivity index (χ2v) is 7.35. The van der Waals surface area contributed by atoms with Crippen molar-refractivity contribution in [1.82, 2.24) is 4.98 Å². The van der Waals surface area contributed by atoms with Crippen molar-refractivity contribution in [2.75, 3.05) is 19.1 Å². The average Bonchev–Trinajstić information content (AvgIpc) is 2.89. The smallest absolute Gasteiger partial charge is 0.307 e. The van der Waals surface area contributed by atoms with Gasteiger partial charge >= 0.3 is 5.97 Å². The molecule has 0 amide bonds. The van der Waals surface area contributed by atoms with E-state index in [2.05, 4.69) is 28.9 Å². The monoisotopic (exact) mass is 464 g/mol. The normalized spacial score (nSPS) is 10.5. The highest BCUT2D eigenvalue weighted by atomic mass is 16.5. The van der Waals surface area contributed by atoms with Gasteiger partial charge in [-0.15, -0.1) is 0 Å². The van der Waals surface area contributed by atoms with Crippen LogP contribution in [0.2, 0.25) is 0 Å². The van der Waals surface area contributed by atoms with E-state index in [1.807, 2.05) is 76.1 Å². The van der Waals surface area contributed by atoms with E-state index < -0.39 is 0 Å². The highest BCUT2D eigenvalue weighted by Gasteiger charge is 2.23. The highest BCUT2D eigenvalue weighted by molar-refractivity contribution is 5.71. The zero-order valence-electron chi connectivity index (χ0n) is 20.2. The van der Waals surface area contributed by atoms with Crippen molar-refractivity contribution in [3.05, 3.63) is 89.2 Å². The molecule has 3 aromatic rings. The van der Waals surface area contributed by atoms with Gasteiger partial charge in [-0.05, 0) is 66.9 Å². The predicted molar refractivity (Wildman–Crippen MR) is 133 cm³/mol. The van der Waals surface area contributed by atoms with Gasteiger partial charge in [0.25, 0.3) is 0 Å². The first-order chi connectivity index (χ1) is 16.5. The Bertz CT molecular complexity index is 1020. The number of benzene rings is 2. The van der Waals surface area contributed by atoms with Crippen LogP contribution < -0.4 is 9.64 Å². The minimum atomic E-state index is -0.234. The summed E-state index contributed by atoms with van der Waals surface area (Å²) in [7, 11) is 3.42. The minimum Gasteiger partial charge on any atom is -0.489 e. The summed E-state index contributed by atoms with van der Waals surface area (Å²) in [4.78, 5) is 34.4. The summed E-state index contributed by atoms with van der Waals surface area (Å²) in [5.74, 6) is 0.560. The Hall–Kier alpha value is -4.00. The molecular formula is C27H32N2O5. The van der Waals surface area contributed by atoms with Gasteiger partial charge < -0.3 is 24.0 Å². The Labute approximate surface area is 201 Å². The Balaban J connectivity index is 0.00000137. The van der Waals surface area contributed by atoms with E-state index in [4.69, 9.17) is 19.1 Å². The number of hydrogen-bond donors (Lipinski definition) is 0. The third-order valence-corrected chi connectivity index (χ3v) is 5.21. The lowest BCUT2D eigenvalue weighted by molar-refractivity contribution is -0.141. The van der Waals surface area contributed by atoms with Gasteiger partial charge in [0.15, 0.2) is 0 Å². The first-order valence-corrected chi connectivity index (χ1v) is 10.5. The Kier molecular flexibility index (Phi) is 12.3. The van der Waals surface area contributed by atoms with Gasteiger partial charge in [0.1, 0.15) is 25.9 Å². The van der Waals surface area contributed by atoms with Gasteiger partial charge in [-0.3, -0.25) is 9.78 Å². The molecule has 7 heteroatoms. The van der Waals surface area contributed by atoms with Gasteiger partial charge in [0.2, 0.25) is 0 Å². The maximum atomic E-state index is 12.1. The number of ether oxygens (including phenoxy) is 2. The Morgan fingerprint density at radius 3 is 2.24 bits per heavy atom. The largest absolute Gasteiger partial charge is 0.489 e. The molecule has 1 heterocycles. The molecule has 3 rings (SSSR count). The lowest BCUT2D eigenvalue weighted by Gasteiger charge is -2.31. The van der Waals surface area contributed by atoms with Crippen molar-refractivity contribution in [1.29, 1.82) is 0 Å². The molecular weight excluding hydrogens is 432 g/mol. The van der Waals surface area contributed by atoms with Crippen LogP contribution in [0.4, 0.5) is 5.69 Å². The zero-order valence-corrected chi connectivity index (χ0v) is 20.2. The van der Waals surface area contributed by atoms with Crippen molar-refractivity contribution in [2.24, 2.45) is 0 Å². The maximum Gasteiger partial charge on any atom is 0.307 e. The van der Waals surface area contributed by atoms with Crippen LogP contribution in [0.15, 0.2) is 66.9 Å². The standard InChI is InChI=1S/C25H28N2O3.2CH2O/c1-18-7-5-6-8-23(18)24(16-25(28)29-4)27(3)21-9-11-22(12-10-21)30-17-20-13-14-26-19(2)15-20;2*1-2/h5-15,24H,16-17H2,1-4H3;2*1H2. The highest BCUT2D eigenvalue weighted by Crippen LogP contribution is 2.31. The van der Waals surface area contributed by atoms with Crippen molar-refractivity contribution in [3.63, 3.8) is 0 Å². The number of carbonyl (C=O) groups is 3. The SMILES string of the molecule is C=O.C=O.COC(=O)CC(c1ccccc1C)N(C)c1ccc(OCc2ccnc(C)c2)cc1. The molecule has 0 aliphatic heterocycles. The molecule has 0 bridgehead atoms. The lowest BCUT2D eigenvalue weighted by Crippen LogP contribution is -2.27. The van der Waals surface area contributed by atoms with Crippen LogP contribution >= 0.6 is 0 Å². The molecule has 1 unspecified atom stereocenters. The predicted octanol–water partition coefficient (Wildman–Crippen LogP) is 4.65. The van der Waals surface area contributed by atoms with Crippen LogP contribution in [-0.2, 0) is 25.7 Å². The molecule has 0 N–H and O–H groups in total. The van der Waals surface area contributed by atoms with Crippen LogP contribution in [0.3, 0.4) is 0 Å². The minimum absolute atomic E-state index is 0.120. The second kappa shape index (κ2) is 14.9. The summed E-state index contributed by atoms with van der Waals surface area (Å²) in [6, 6.07) is 19.9. The summed E-state index contributed by atoms with van der Waals surface area (Å²) < 4.78 is 10.8. The molecule has 0 aliphatic carbocycles. The fourth-order valence-electron chi connectivity index (χ4n) is 3.48. The molecule has 0 spiro atoms. The third-order valence-electron chi connectivity index (χ3n) is 5.21. The maximum absolute atomic E-state index is 12.1. The topological polar surface area (TPSA) is 85.8 Å². The summed E-state index contributed by atoms with van der Waals surface area (Å²) in [5, 5.41) is 0. The van der Waals surface area contributed by atoms with E-state index in [1.54, 1.807) is 6.20 Å². The van der Waals surface area contributed by atoms with Crippen LogP contribution in [0.25, 0.3) is 0 Å². The number of aromatic nitrogens is 1. The molecule has 2 aromatic carbocycles. The number of esters is 1. The van der Waals surface area contributed by atoms with E-state index in [9.17, 15) is 4.79 Å². The first-order valence-electron chi connectivity index (χ1n) is 10.5. The number of aryl methyl sites for hydroxylation is 2. The molecule has 0 radical (unpaired) electrons. The van der Waals surface area contributed by atoms with Gasteiger partial charge in [-0.25, -0.2) is 0 Å². The number of pyridine rings is 1. The zero-order chi connectivity index (χ0) is 25.5. The number of methoxy groups -OCH3 is 1. The van der Waals surface area contributed by atoms with Crippen molar-refractivity contribution in [3.8, 4) is 5.75 Å². The molecule has 0 saturated carbocycles. The average molecular weight is 465 g/mol. The second-order valence-electron chi connectivity index (χ2n) is 7.35. The van der Waals surface area contributed by atoms with Gasteiger partial charge in [0.05, 0.1) is 19.6 Å². The molecule has 0 fully saturated rings. The fraction of sp³-hybridized carbons (Fsp3) is 0.259. The van der Waals surface area contributed by atoms with E-state index in [0.717, 1.165) is 33.8 Å². The summed E-state index contributed by atoms with van der Waals surface area (Å²) in [6.07, 6.45) is 2.07. The molecule has 180 valence electrons. The van der Waals surface area contributed by atoms with Crippen LogP contribution in [0, 0.1) is 13.8 Å². The molecule has 34 heavy (non-hydrogen) atoms. The molecule has 1 aromatic heterocycles. The Morgan fingerprint density at radius 2 is 1.65 bits per heavy atom. The van der Waals surface area contributed by atoms with Crippen LogP contribution in [-0.4, -0.2) is 38.7 Å². The van der Waals surface area contributed by atoms with Gasteiger partial charge in [-0.1, -0.05) is 24.3 Å². The summed E-state index contributed by atoms with van der Waals surface area (Å²) in [5.41, 5.74) is 5.31. The first kappa shape index (κ1) is 28.0. The van der Waals surface area contributed by atoms with E-state index in [0.29, 0.717) is 6.61 Å². The summed E-state index contributed by atoms with van der Waals surface area (Å²) in [6.45, 7) is 8.52. The number of carbonyl (C=O) groups excluding carboxylic acids is 3. The van der Waals surface area contributed by atoms with E-state index in [-0.39, 0.29) is 18.4 Å². The fourth-order valence-corrected chi connectivity index (χ4v) is 3.48. The molecule has 0 aliphatic rings. The molecule has 1 atom stereocenters. The van der Waals surface area contributed by atoms with E-state index >= 15 is 0 Å². The quantitative estimate of drug-likeness (QED) is 0.449. The summed E-state index contributed by atoms with van der Waals surface area (Å²) >= 11 is 0. The van der Waals surface area contributed by atoms with Gasteiger partial charge in [0, 0.05) is 24.6 Å². The number of rotatable bonds is 8. The van der Waals surface area contributed by atoms with Crippen molar-refractivity contribution in [2.45, 2.75) is 32.9 Å². The molecule has 0 saturated heterocycles. The lowest BCUT2D eigenvalue weighted by atomic mass is 9.97.